The van der Waals surface area contributed by atoms with Crippen LogP contribution >= 0.6 is 11.6 Å². The number of fused-ring (bicyclic) bond motifs is 6. The van der Waals surface area contributed by atoms with E-state index in [9.17, 15) is 0 Å². The lowest BCUT2D eigenvalue weighted by Gasteiger charge is -2.05. The molecule has 0 spiro atoms. The summed E-state index contributed by atoms with van der Waals surface area (Å²) in [6, 6.07) is 34.2. The summed E-state index contributed by atoms with van der Waals surface area (Å²) in [6.45, 7) is 8.83. The van der Waals surface area contributed by atoms with Crippen molar-refractivity contribution in [2.45, 2.75) is 143 Å². The molecule has 6 aliphatic carbocycles. The summed E-state index contributed by atoms with van der Waals surface area (Å²) >= 11 is 5.87. The van der Waals surface area contributed by atoms with Crippen LogP contribution in [0.5, 0.6) is 0 Å². The fraction of sp³-hybridized carbons (Fsp3) is 0.390. The van der Waals surface area contributed by atoms with Crippen molar-refractivity contribution < 1.29 is 4.92 Å². The highest BCUT2D eigenvalue weighted by molar-refractivity contribution is 6.33. The van der Waals surface area contributed by atoms with Gasteiger partial charge in [0.1, 0.15) is 0 Å². The van der Waals surface area contributed by atoms with Gasteiger partial charge >= 0.3 is 0 Å². The topological polar surface area (TPSA) is 121 Å². The van der Waals surface area contributed by atoms with Gasteiger partial charge in [-0.15, -0.1) is 0 Å². The highest BCUT2D eigenvalue weighted by Crippen LogP contribution is 2.33. The van der Waals surface area contributed by atoms with Crippen molar-refractivity contribution in [3.63, 3.8) is 0 Å². The molecule has 348 valence electrons. The van der Waals surface area contributed by atoms with Crippen LogP contribution in [0.2, 0.25) is 5.02 Å². The zero-order chi connectivity index (χ0) is 47.2. The van der Waals surface area contributed by atoms with Gasteiger partial charge in [-0.05, 0) is 257 Å². The Labute approximate surface area is 400 Å². The molecule has 6 aromatic carbocycles. The number of nitrogens with two attached hydrogens (primary N) is 3. The minimum atomic E-state index is -0.500. The normalized spacial score (nSPS) is 14.6. The van der Waals surface area contributed by atoms with Crippen LogP contribution in [0, 0.1) is 37.8 Å². The molecule has 0 saturated heterocycles. The molecular weight excluding hydrogens is 832 g/mol. The number of nitrogens with zero attached hydrogens (tertiary/aromatic N) is 1. The molecule has 0 fully saturated rings. The Hall–Kier alpha value is -5.59. The second-order valence-electron chi connectivity index (χ2n) is 18.8. The van der Waals surface area contributed by atoms with Crippen LogP contribution < -0.4 is 17.2 Å². The first-order valence-electron chi connectivity index (χ1n) is 24.4. The maximum absolute atomic E-state index is 8.81. The van der Waals surface area contributed by atoms with Crippen LogP contribution in [-0.4, -0.2) is 12.0 Å². The van der Waals surface area contributed by atoms with Gasteiger partial charge in [0, 0.05) is 16.3 Å². The van der Waals surface area contributed by atoms with E-state index >= 15 is 0 Å². The zero-order valence-corrected chi connectivity index (χ0v) is 41.1. The Bertz CT molecular complexity index is 2450. The van der Waals surface area contributed by atoms with Crippen molar-refractivity contribution in [2.24, 2.45) is 0 Å². The minimum Gasteiger partial charge on any atom is -0.399 e. The van der Waals surface area contributed by atoms with E-state index in [1.54, 1.807) is 33.4 Å². The summed E-state index contributed by atoms with van der Waals surface area (Å²) in [5, 5.41) is 9.51. The number of rotatable bonds is 0. The molecule has 6 N–H and O–H groups in total. The fourth-order valence-corrected chi connectivity index (χ4v) is 10.7. The van der Waals surface area contributed by atoms with Crippen molar-refractivity contribution in [1.82, 2.24) is 0 Å². The third kappa shape index (κ3) is 13.5. The van der Waals surface area contributed by atoms with Gasteiger partial charge in [-0.25, -0.2) is 0 Å². The maximum atomic E-state index is 8.81. The largest absolute Gasteiger partial charge is 0.399 e. The summed E-state index contributed by atoms with van der Waals surface area (Å²) in [7, 11) is 0.889. The van der Waals surface area contributed by atoms with Crippen molar-refractivity contribution in [3.8, 4) is 0 Å². The number of halogens is 1. The third-order valence-corrected chi connectivity index (χ3v) is 14.4. The molecule has 0 aliphatic heterocycles. The molecular formula is C59H73ClN4O2. The highest BCUT2D eigenvalue weighted by Gasteiger charge is 2.17. The van der Waals surface area contributed by atoms with E-state index in [4.69, 9.17) is 38.9 Å². The van der Waals surface area contributed by atoms with E-state index in [0.29, 0.717) is 5.02 Å². The fourth-order valence-electron chi connectivity index (χ4n) is 10.6. The Balaban J connectivity index is 0.000000129. The standard InChI is InChI=1S/C11H14.C10H13N.C10H12.C9H10ClN.C9H11N.C9H10.CH3NO2/c1-8-6-7-9(2)11-5-3-4-10(8)11;1-7-5-6-10(11)9-4-2-3-8(7)9;1-8-4-2-5-9-6-3-7-10(8)9;10-8-5-4-6-2-1-3-7(6)9(8)11;10-9-5-4-7-2-1-3-8(7)6-9;1-2-5-9-7-3-6-8(9)4-1;1-2(3)4/h6-7H,3-5H2,1-2H3;5-6H,2-4,11H2,1H3;2,4-5H,3,6-7H2,1H3;4-5H,1-3,11H2;4-6H,1-3,10H2;1-2,4-5H,3,6-7H2;1H3. The summed E-state index contributed by atoms with van der Waals surface area (Å²) in [4.78, 5) is 8.31. The molecule has 0 aromatic heterocycles. The van der Waals surface area contributed by atoms with Crippen molar-refractivity contribution in [1.29, 1.82) is 0 Å². The SMILES string of the molecule is C[N+](=O)[O-].Cc1ccc(C)c2c1CCC2.Cc1ccc(N)c2c1CCC2.Cc1cccc2c1CCC2.Nc1c(Cl)ccc2c1CCC2.Nc1ccc2c(c1)CCC2.c1ccc2c(c1)CCC2. The van der Waals surface area contributed by atoms with Gasteiger partial charge in [0.2, 0.25) is 0 Å². The van der Waals surface area contributed by atoms with Gasteiger partial charge in [-0.2, -0.15) is 0 Å². The second-order valence-corrected chi connectivity index (χ2v) is 19.2. The molecule has 0 radical (unpaired) electrons. The number of anilines is 3. The Morgan fingerprint density at radius 1 is 0.424 bits per heavy atom. The lowest BCUT2D eigenvalue weighted by molar-refractivity contribution is -0.445. The average Bonchev–Trinajstić information content (AvgIpc) is 4.17. The van der Waals surface area contributed by atoms with Crippen LogP contribution in [0.3, 0.4) is 0 Å². The van der Waals surface area contributed by atoms with Crippen LogP contribution in [0.25, 0.3) is 0 Å². The first kappa shape index (κ1) is 49.8. The smallest absolute Gasteiger partial charge is 0.194 e. The molecule has 7 heteroatoms. The minimum absolute atomic E-state index is 0.500. The first-order valence-corrected chi connectivity index (χ1v) is 24.8. The maximum Gasteiger partial charge on any atom is 0.194 e. The molecule has 6 nitrogen and oxygen atoms in total. The van der Waals surface area contributed by atoms with E-state index in [2.05, 4.69) is 107 Å². The second kappa shape index (κ2) is 24.3. The summed E-state index contributed by atoms with van der Waals surface area (Å²) in [5.41, 5.74) is 43.9. The molecule has 6 aliphatic rings. The van der Waals surface area contributed by atoms with Gasteiger partial charge in [0.25, 0.3) is 0 Å². The van der Waals surface area contributed by atoms with Gasteiger partial charge in [-0.1, -0.05) is 84.4 Å². The predicted octanol–water partition coefficient (Wildman–Crippen LogP) is 13.6. The molecule has 6 aromatic rings. The van der Waals surface area contributed by atoms with Crippen LogP contribution in [-0.2, 0) is 77.0 Å². The number of hydrogen-bond donors (Lipinski definition) is 3. The van der Waals surface area contributed by atoms with Crippen molar-refractivity contribution >= 4 is 28.7 Å². The summed E-state index contributed by atoms with van der Waals surface area (Å²) in [6.07, 6.45) is 22.9. The molecule has 0 saturated carbocycles. The van der Waals surface area contributed by atoms with Gasteiger partial charge in [-0.3, -0.25) is 10.1 Å². The molecule has 12 rings (SSSR count). The monoisotopic (exact) mass is 905 g/mol. The van der Waals surface area contributed by atoms with Crippen LogP contribution in [0.15, 0.2) is 97.1 Å². The summed E-state index contributed by atoms with van der Waals surface area (Å²) < 4.78 is 0. The van der Waals surface area contributed by atoms with E-state index in [-0.39, 0.29) is 0 Å². The van der Waals surface area contributed by atoms with Crippen molar-refractivity contribution in [2.75, 3.05) is 24.2 Å². The molecule has 66 heavy (non-hydrogen) atoms. The van der Waals surface area contributed by atoms with E-state index < -0.39 is 4.92 Å². The number of aryl methyl sites for hydroxylation is 10. The number of benzene rings is 6. The first-order chi connectivity index (χ1) is 31.8. The molecule has 0 bridgehead atoms. The Kier molecular flexibility index (Phi) is 18.3. The molecule has 0 heterocycles. The number of nitrogen functional groups attached to an aromatic ring is 3. The van der Waals surface area contributed by atoms with Gasteiger partial charge in [0.15, 0.2) is 7.05 Å². The molecule has 0 unspecified atom stereocenters. The van der Waals surface area contributed by atoms with Crippen LogP contribution in [0.1, 0.15) is 128 Å². The van der Waals surface area contributed by atoms with E-state index in [1.165, 1.54) is 158 Å². The van der Waals surface area contributed by atoms with Crippen molar-refractivity contribution in [3.05, 3.63) is 201 Å². The molecule has 0 amide bonds. The van der Waals surface area contributed by atoms with Gasteiger partial charge < -0.3 is 17.2 Å². The number of nitro groups is 1. The Morgan fingerprint density at radius 2 is 0.803 bits per heavy atom. The molecule has 0 atom stereocenters. The van der Waals surface area contributed by atoms with Crippen LogP contribution in [0.4, 0.5) is 17.1 Å². The van der Waals surface area contributed by atoms with E-state index in [0.717, 1.165) is 37.0 Å². The number of hydrogen-bond acceptors (Lipinski definition) is 5. The lowest BCUT2D eigenvalue weighted by atomic mass is 10.0. The Morgan fingerprint density at radius 3 is 1.36 bits per heavy atom. The van der Waals surface area contributed by atoms with E-state index in [1.807, 2.05) is 18.2 Å². The van der Waals surface area contributed by atoms with Gasteiger partial charge in [0.05, 0.1) is 10.7 Å². The quantitative estimate of drug-likeness (QED) is 0.0796. The third-order valence-electron chi connectivity index (χ3n) is 14.1. The zero-order valence-electron chi connectivity index (χ0n) is 40.3. The predicted molar refractivity (Wildman–Crippen MR) is 281 cm³/mol. The average molecular weight is 906 g/mol. The highest BCUT2D eigenvalue weighted by atomic mass is 35.5. The summed E-state index contributed by atoms with van der Waals surface area (Å²) in [5.74, 6) is 0. The lowest BCUT2D eigenvalue weighted by Crippen LogP contribution is -1.94.